The molecule has 0 aliphatic heterocycles. The zero-order valence-corrected chi connectivity index (χ0v) is 18.6. The number of hydrogen-bond acceptors (Lipinski definition) is 4. The maximum Gasteiger partial charge on any atom is 0.243 e. The van der Waals surface area contributed by atoms with Crippen LogP contribution in [0.4, 0.5) is 5.69 Å². The van der Waals surface area contributed by atoms with Gasteiger partial charge in [0.25, 0.3) is 0 Å². The number of benzene rings is 2. The highest BCUT2D eigenvalue weighted by Gasteiger charge is 2.11. The standard InChI is InChI=1S/C20H18BrClN4O2S/c1-13-10-14(21)2-7-17(13)25-18(27)11-24-19(28)12-29-20-23-8-9-26(20)16-5-3-15(22)4-6-16/h2-10H,11-12H2,1H3,(H,24,28)(H,25,27). The van der Waals surface area contributed by atoms with Crippen molar-refractivity contribution in [1.29, 1.82) is 0 Å². The molecule has 2 aromatic carbocycles. The molecule has 3 rings (SSSR count). The number of imidazole rings is 1. The number of carbonyl (C=O) groups excluding carboxylic acids is 2. The summed E-state index contributed by atoms with van der Waals surface area (Å²) >= 11 is 10.6. The third-order valence-electron chi connectivity index (χ3n) is 3.95. The van der Waals surface area contributed by atoms with E-state index in [0.717, 1.165) is 15.7 Å². The van der Waals surface area contributed by atoms with Crippen LogP contribution in [0.25, 0.3) is 5.69 Å². The molecule has 0 unspecified atom stereocenters. The number of rotatable bonds is 7. The van der Waals surface area contributed by atoms with Gasteiger partial charge in [0.15, 0.2) is 5.16 Å². The zero-order chi connectivity index (χ0) is 20.8. The Morgan fingerprint density at radius 1 is 1.17 bits per heavy atom. The van der Waals surface area contributed by atoms with E-state index in [9.17, 15) is 9.59 Å². The number of hydrogen-bond donors (Lipinski definition) is 2. The molecule has 1 aromatic heterocycles. The maximum atomic E-state index is 12.1. The van der Waals surface area contributed by atoms with Crippen molar-refractivity contribution >= 4 is 56.8 Å². The lowest BCUT2D eigenvalue weighted by molar-refractivity contribution is -0.122. The van der Waals surface area contributed by atoms with Crippen molar-refractivity contribution < 1.29 is 9.59 Å². The molecule has 29 heavy (non-hydrogen) atoms. The summed E-state index contributed by atoms with van der Waals surface area (Å²) in [6, 6.07) is 12.9. The van der Waals surface area contributed by atoms with Gasteiger partial charge in [0.2, 0.25) is 11.8 Å². The van der Waals surface area contributed by atoms with Crippen LogP contribution in [-0.2, 0) is 9.59 Å². The second-order valence-electron chi connectivity index (χ2n) is 6.13. The quantitative estimate of drug-likeness (QED) is 0.477. The molecule has 0 radical (unpaired) electrons. The minimum absolute atomic E-state index is 0.0967. The van der Waals surface area contributed by atoms with Crippen LogP contribution in [0.15, 0.2) is 64.5 Å². The van der Waals surface area contributed by atoms with Crippen LogP contribution in [0.3, 0.4) is 0 Å². The van der Waals surface area contributed by atoms with Gasteiger partial charge in [-0.05, 0) is 55.0 Å². The van der Waals surface area contributed by atoms with Gasteiger partial charge in [0.1, 0.15) is 0 Å². The largest absolute Gasteiger partial charge is 0.346 e. The van der Waals surface area contributed by atoms with Gasteiger partial charge in [-0.25, -0.2) is 4.98 Å². The van der Waals surface area contributed by atoms with Crippen LogP contribution >= 0.6 is 39.3 Å². The number of aromatic nitrogens is 2. The number of halogens is 2. The Hall–Kier alpha value is -2.29. The van der Waals surface area contributed by atoms with Gasteiger partial charge in [-0.15, -0.1) is 0 Å². The highest BCUT2D eigenvalue weighted by Crippen LogP contribution is 2.22. The van der Waals surface area contributed by atoms with Gasteiger partial charge in [-0.2, -0.15) is 0 Å². The Labute approximate surface area is 186 Å². The first-order valence-electron chi connectivity index (χ1n) is 8.67. The van der Waals surface area contributed by atoms with Crippen LogP contribution in [0.2, 0.25) is 5.02 Å². The summed E-state index contributed by atoms with van der Waals surface area (Å²) < 4.78 is 2.81. The number of anilines is 1. The van der Waals surface area contributed by atoms with E-state index in [1.807, 2.05) is 48.0 Å². The summed E-state index contributed by atoms with van der Waals surface area (Å²) in [5, 5.41) is 6.75. The summed E-state index contributed by atoms with van der Waals surface area (Å²) in [5.41, 5.74) is 2.55. The predicted molar refractivity (Wildman–Crippen MR) is 120 cm³/mol. The van der Waals surface area contributed by atoms with Crippen molar-refractivity contribution in [3.05, 3.63) is 69.9 Å². The molecule has 0 aliphatic rings. The first-order chi connectivity index (χ1) is 13.9. The molecule has 6 nitrogen and oxygen atoms in total. The molecule has 3 aromatic rings. The predicted octanol–water partition coefficient (Wildman–Crippen LogP) is 4.44. The minimum Gasteiger partial charge on any atom is -0.346 e. The van der Waals surface area contributed by atoms with Crippen LogP contribution in [-0.4, -0.2) is 33.7 Å². The molecule has 150 valence electrons. The number of carbonyl (C=O) groups is 2. The molecule has 9 heteroatoms. The first kappa shape index (κ1) is 21.4. The molecule has 0 aliphatic carbocycles. The van der Waals surface area contributed by atoms with Crippen LogP contribution in [0.1, 0.15) is 5.56 Å². The number of aryl methyl sites for hydroxylation is 1. The molecular formula is C20H18BrClN4O2S. The monoisotopic (exact) mass is 492 g/mol. The number of amides is 2. The Morgan fingerprint density at radius 2 is 1.93 bits per heavy atom. The topological polar surface area (TPSA) is 76.0 Å². The van der Waals surface area contributed by atoms with Crippen molar-refractivity contribution in [3.63, 3.8) is 0 Å². The molecule has 0 atom stereocenters. The molecule has 0 spiro atoms. The summed E-state index contributed by atoms with van der Waals surface area (Å²) in [6.07, 6.45) is 3.49. The second kappa shape index (κ2) is 9.96. The SMILES string of the molecule is Cc1cc(Br)ccc1NC(=O)CNC(=O)CSc1nccn1-c1ccc(Cl)cc1. The van der Waals surface area contributed by atoms with Crippen molar-refractivity contribution in [1.82, 2.24) is 14.9 Å². The number of thioether (sulfide) groups is 1. The smallest absolute Gasteiger partial charge is 0.243 e. The average molecular weight is 494 g/mol. The lowest BCUT2D eigenvalue weighted by Crippen LogP contribution is -2.34. The van der Waals surface area contributed by atoms with Gasteiger partial charge in [0.05, 0.1) is 12.3 Å². The Kier molecular flexibility index (Phi) is 7.35. The summed E-state index contributed by atoms with van der Waals surface area (Å²) in [4.78, 5) is 28.5. The van der Waals surface area contributed by atoms with E-state index in [1.54, 1.807) is 18.3 Å². The fourth-order valence-electron chi connectivity index (χ4n) is 2.52. The lowest BCUT2D eigenvalue weighted by atomic mass is 10.2. The number of nitrogens with zero attached hydrogens (tertiary/aromatic N) is 2. The molecular weight excluding hydrogens is 476 g/mol. The van der Waals surface area contributed by atoms with E-state index in [1.165, 1.54) is 11.8 Å². The van der Waals surface area contributed by atoms with E-state index in [4.69, 9.17) is 11.6 Å². The van der Waals surface area contributed by atoms with E-state index in [2.05, 4.69) is 31.5 Å². The first-order valence-corrected chi connectivity index (χ1v) is 10.8. The van der Waals surface area contributed by atoms with E-state index in [-0.39, 0.29) is 24.1 Å². The van der Waals surface area contributed by atoms with Crippen LogP contribution in [0, 0.1) is 6.92 Å². The van der Waals surface area contributed by atoms with Crippen LogP contribution < -0.4 is 10.6 Å². The lowest BCUT2D eigenvalue weighted by Gasteiger charge is -2.10. The minimum atomic E-state index is -0.281. The van der Waals surface area contributed by atoms with Gasteiger partial charge in [-0.1, -0.05) is 39.3 Å². The highest BCUT2D eigenvalue weighted by molar-refractivity contribution is 9.10. The number of nitrogens with one attached hydrogen (secondary N) is 2. The van der Waals surface area contributed by atoms with Crippen molar-refractivity contribution in [2.24, 2.45) is 0 Å². The van der Waals surface area contributed by atoms with Crippen molar-refractivity contribution in [2.45, 2.75) is 12.1 Å². The van der Waals surface area contributed by atoms with E-state index in [0.29, 0.717) is 15.9 Å². The molecule has 0 fully saturated rings. The molecule has 2 amide bonds. The molecule has 0 saturated heterocycles. The molecule has 0 bridgehead atoms. The van der Waals surface area contributed by atoms with Crippen molar-refractivity contribution in [3.8, 4) is 5.69 Å². The van der Waals surface area contributed by atoms with Gasteiger partial charge >= 0.3 is 0 Å². The van der Waals surface area contributed by atoms with E-state index < -0.39 is 0 Å². The Bertz CT molecular complexity index is 1020. The maximum absolute atomic E-state index is 12.1. The van der Waals surface area contributed by atoms with Crippen LogP contribution in [0.5, 0.6) is 0 Å². The average Bonchev–Trinajstić information content (AvgIpc) is 3.16. The molecule has 1 heterocycles. The zero-order valence-electron chi connectivity index (χ0n) is 15.5. The highest BCUT2D eigenvalue weighted by atomic mass is 79.9. The van der Waals surface area contributed by atoms with E-state index >= 15 is 0 Å². The Morgan fingerprint density at radius 3 is 2.66 bits per heavy atom. The third-order valence-corrected chi connectivity index (χ3v) is 5.66. The van der Waals surface area contributed by atoms with Gasteiger partial charge in [0, 0.05) is 33.3 Å². The van der Waals surface area contributed by atoms with Gasteiger partial charge < -0.3 is 10.6 Å². The summed E-state index contributed by atoms with van der Waals surface area (Å²) in [6.45, 7) is 1.80. The van der Waals surface area contributed by atoms with Crippen molar-refractivity contribution in [2.75, 3.05) is 17.6 Å². The normalized spacial score (nSPS) is 10.6. The second-order valence-corrected chi connectivity index (χ2v) is 8.42. The third kappa shape index (κ3) is 6.09. The fraction of sp³-hybridized carbons (Fsp3) is 0.150. The van der Waals surface area contributed by atoms with Gasteiger partial charge in [-0.3, -0.25) is 14.2 Å². The summed E-state index contributed by atoms with van der Waals surface area (Å²) in [7, 11) is 0. The molecule has 2 N–H and O–H groups in total. The fourth-order valence-corrected chi connectivity index (χ4v) is 3.92. The summed E-state index contributed by atoms with van der Waals surface area (Å²) in [5.74, 6) is -0.380. The molecule has 0 saturated carbocycles. The Balaban J connectivity index is 1.49.